The van der Waals surface area contributed by atoms with Crippen LogP contribution in [0.2, 0.25) is 5.02 Å². The molecule has 0 aliphatic carbocycles. The van der Waals surface area contributed by atoms with Crippen molar-refractivity contribution in [3.05, 3.63) is 82.1 Å². The molecule has 1 amide bonds. The van der Waals surface area contributed by atoms with E-state index in [2.05, 4.69) is 5.16 Å². The number of nitrogens with zero attached hydrogens (tertiary/aromatic N) is 2. The molecule has 7 nitrogen and oxygen atoms in total. The molecule has 0 spiro atoms. The molecule has 1 aliphatic heterocycles. The first-order valence-corrected chi connectivity index (χ1v) is 9.43. The second-order valence-electron chi connectivity index (χ2n) is 6.71. The van der Waals surface area contributed by atoms with Gasteiger partial charge in [-0.2, -0.15) is 0 Å². The molecule has 1 aromatic heterocycles. The van der Waals surface area contributed by atoms with Gasteiger partial charge in [0.15, 0.2) is 5.82 Å². The van der Waals surface area contributed by atoms with Crippen LogP contribution in [0.1, 0.15) is 22.9 Å². The van der Waals surface area contributed by atoms with Gasteiger partial charge >= 0.3 is 5.91 Å². The number of amides is 1. The molecule has 3 aromatic rings. The first-order valence-electron chi connectivity index (χ1n) is 9.05. The first-order chi connectivity index (χ1) is 14.4. The van der Waals surface area contributed by atoms with Crippen molar-refractivity contribution in [1.82, 2.24) is 5.16 Å². The maximum Gasteiger partial charge on any atom is 0.301 e. The lowest BCUT2D eigenvalue weighted by molar-refractivity contribution is -0.132. The summed E-state index contributed by atoms with van der Waals surface area (Å²) in [6, 6.07) is 13.9. The van der Waals surface area contributed by atoms with Gasteiger partial charge in [0.2, 0.25) is 0 Å². The SMILES string of the molecule is COc1ccccc1[C@H]1/C(=C(\O)c2ccc(Cl)cc2)C(=O)C(=O)N1c1cc(C)on1. The Morgan fingerprint density at radius 1 is 1.17 bits per heavy atom. The van der Waals surface area contributed by atoms with E-state index in [0.717, 1.165) is 0 Å². The molecule has 0 bridgehead atoms. The molecular formula is C22H17ClN2O5. The van der Waals surface area contributed by atoms with Crippen LogP contribution in [-0.2, 0) is 9.59 Å². The zero-order chi connectivity index (χ0) is 21.4. The quantitative estimate of drug-likeness (QED) is 0.382. The summed E-state index contributed by atoms with van der Waals surface area (Å²) in [6.45, 7) is 1.68. The van der Waals surface area contributed by atoms with Gasteiger partial charge in [0.05, 0.1) is 12.7 Å². The summed E-state index contributed by atoms with van der Waals surface area (Å²) in [7, 11) is 1.49. The molecule has 0 unspecified atom stereocenters. The number of benzene rings is 2. The van der Waals surface area contributed by atoms with Crippen molar-refractivity contribution in [2.75, 3.05) is 12.0 Å². The fourth-order valence-corrected chi connectivity index (χ4v) is 3.61. The normalized spacial score (nSPS) is 18.1. The number of ether oxygens (including phenoxy) is 1. The monoisotopic (exact) mass is 424 g/mol. The van der Waals surface area contributed by atoms with Gasteiger partial charge in [-0.15, -0.1) is 0 Å². The Hall–Kier alpha value is -3.58. The molecule has 0 saturated carbocycles. The van der Waals surface area contributed by atoms with Gasteiger partial charge in [-0.3, -0.25) is 14.5 Å². The molecular weight excluding hydrogens is 408 g/mol. The third kappa shape index (κ3) is 3.23. The van der Waals surface area contributed by atoms with Crippen molar-refractivity contribution in [2.24, 2.45) is 0 Å². The van der Waals surface area contributed by atoms with Gasteiger partial charge in [-0.05, 0) is 37.3 Å². The van der Waals surface area contributed by atoms with Crippen LogP contribution < -0.4 is 9.64 Å². The van der Waals surface area contributed by atoms with Crippen molar-refractivity contribution in [3.8, 4) is 5.75 Å². The Morgan fingerprint density at radius 2 is 1.87 bits per heavy atom. The fourth-order valence-electron chi connectivity index (χ4n) is 3.49. The maximum absolute atomic E-state index is 13.0. The van der Waals surface area contributed by atoms with E-state index in [0.29, 0.717) is 27.7 Å². The average molecular weight is 425 g/mol. The lowest BCUT2D eigenvalue weighted by atomic mass is 9.94. The number of aliphatic hydroxyl groups excluding tert-OH is 1. The van der Waals surface area contributed by atoms with Crippen LogP contribution in [0.3, 0.4) is 0 Å². The number of hydrogen-bond donors (Lipinski definition) is 1. The van der Waals surface area contributed by atoms with Gasteiger partial charge in [-0.1, -0.05) is 35.0 Å². The largest absolute Gasteiger partial charge is 0.507 e. The number of aryl methyl sites for hydroxylation is 1. The molecule has 1 atom stereocenters. The van der Waals surface area contributed by atoms with Crippen molar-refractivity contribution < 1.29 is 24.0 Å². The molecule has 8 heteroatoms. The number of halogens is 1. The van der Waals surface area contributed by atoms with Crippen molar-refractivity contribution in [2.45, 2.75) is 13.0 Å². The number of para-hydroxylation sites is 1. The van der Waals surface area contributed by atoms with Gasteiger partial charge in [0.1, 0.15) is 23.3 Å². The fraction of sp³-hybridized carbons (Fsp3) is 0.136. The number of Topliss-reactive ketones (excluding diaryl/α,β-unsaturated/α-hetero) is 1. The van der Waals surface area contributed by atoms with E-state index in [-0.39, 0.29) is 17.2 Å². The highest BCUT2D eigenvalue weighted by atomic mass is 35.5. The van der Waals surface area contributed by atoms with Crippen molar-refractivity contribution >= 4 is 34.9 Å². The number of anilines is 1. The van der Waals surface area contributed by atoms with E-state index in [1.165, 1.54) is 12.0 Å². The molecule has 1 N–H and O–H groups in total. The molecule has 4 rings (SSSR count). The van der Waals surface area contributed by atoms with Crippen LogP contribution in [0.15, 0.2) is 64.7 Å². The topological polar surface area (TPSA) is 92.9 Å². The second kappa shape index (κ2) is 7.68. The predicted octanol–water partition coefficient (Wildman–Crippen LogP) is 4.27. The van der Waals surface area contributed by atoms with E-state index in [9.17, 15) is 14.7 Å². The molecule has 1 saturated heterocycles. The number of hydrogen-bond acceptors (Lipinski definition) is 6. The summed E-state index contributed by atoms with van der Waals surface area (Å²) in [6.07, 6.45) is 0. The van der Waals surface area contributed by atoms with Gasteiger partial charge < -0.3 is 14.4 Å². The first kappa shape index (κ1) is 19.7. The third-order valence-electron chi connectivity index (χ3n) is 4.86. The molecule has 0 radical (unpaired) electrons. The molecule has 2 aromatic carbocycles. The Bertz CT molecular complexity index is 1170. The van der Waals surface area contributed by atoms with Gasteiger partial charge in [0, 0.05) is 22.2 Å². The number of aliphatic hydroxyl groups is 1. The summed E-state index contributed by atoms with van der Waals surface area (Å²) >= 11 is 5.94. The van der Waals surface area contributed by atoms with Crippen LogP contribution in [0.25, 0.3) is 5.76 Å². The minimum atomic E-state index is -0.957. The van der Waals surface area contributed by atoms with Crippen molar-refractivity contribution in [1.29, 1.82) is 0 Å². The summed E-state index contributed by atoms with van der Waals surface area (Å²) < 4.78 is 10.6. The second-order valence-corrected chi connectivity index (χ2v) is 7.15. The molecule has 1 fully saturated rings. The standard InChI is InChI=1S/C22H17ClN2O5/c1-12-11-17(24-30-12)25-19(15-5-3-4-6-16(15)29-2)18(21(27)22(25)28)20(26)13-7-9-14(23)10-8-13/h3-11,19,26H,1-2H3/b20-18+/t19-/m0/s1. The van der Waals surface area contributed by atoms with Crippen LogP contribution >= 0.6 is 11.6 Å². The molecule has 2 heterocycles. The van der Waals surface area contributed by atoms with Crippen LogP contribution in [-0.4, -0.2) is 29.1 Å². The van der Waals surface area contributed by atoms with E-state index < -0.39 is 17.7 Å². The summed E-state index contributed by atoms with van der Waals surface area (Å²) in [5.74, 6) is -0.877. The van der Waals surface area contributed by atoms with Gasteiger partial charge in [-0.25, -0.2) is 0 Å². The van der Waals surface area contributed by atoms with Crippen LogP contribution in [0, 0.1) is 6.92 Å². The Labute approximate surface area is 177 Å². The number of methoxy groups -OCH3 is 1. The highest BCUT2D eigenvalue weighted by molar-refractivity contribution is 6.51. The van der Waals surface area contributed by atoms with Crippen molar-refractivity contribution in [3.63, 3.8) is 0 Å². The lowest BCUT2D eigenvalue weighted by Crippen LogP contribution is -2.29. The highest BCUT2D eigenvalue weighted by Crippen LogP contribution is 2.44. The zero-order valence-corrected chi connectivity index (χ0v) is 16.9. The summed E-state index contributed by atoms with van der Waals surface area (Å²) in [5, 5.41) is 15.4. The number of carbonyl (C=O) groups is 2. The van der Waals surface area contributed by atoms with E-state index >= 15 is 0 Å². The molecule has 30 heavy (non-hydrogen) atoms. The Morgan fingerprint density at radius 3 is 2.50 bits per heavy atom. The van der Waals surface area contributed by atoms with E-state index in [1.54, 1.807) is 61.5 Å². The summed E-state index contributed by atoms with van der Waals surface area (Å²) in [5.41, 5.74) is 0.802. The highest BCUT2D eigenvalue weighted by Gasteiger charge is 2.49. The Balaban J connectivity index is 1.98. The van der Waals surface area contributed by atoms with E-state index in [1.807, 2.05) is 0 Å². The molecule has 1 aliphatic rings. The molecule has 152 valence electrons. The van der Waals surface area contributed by atoms with Crippen LogP contribution in [0.5, 0.6) is 5.75 Å². The zero-order valence-electron chi connectivity index (χ0n) is 16.1. The van der Waals surface area contributed by atoms with Crippen LogP contribution in [0.4, 0.5) is 5.82 Å². The maximum atomic E-state index is 13.0. The minimum Gasteiger partial charge on any atom is -0.507 e. The number of carbonyl (C=O) groups excluding carboxylic acids is 2. The average Bonchev–Trinajstić information content (AvgIpc) is 3.29. The third-order valence-corrected chi connectivity index (χ3v) is 5.11. The van der Waals surface area contributed by atoms with E-state index in [4.69, 9.17) is 20.9 Å². The predicted molar refractivity (Wildman–Crippen MR) is 110 cm³/mol. The Kier molecular flexibility index (Phi) is 5.05. The minimum absolute atomic E-state index is 0.0764. The summed E-state index contributed by atoms with van der Waals surface area (Å²) in [4.78, 5) is 27.2. The number of rotatable bonds is 4. The number of aromatic nitrogens is 1. The lowest BCUT2D eigenvalue weighted by Gasteiger charge is -2.24. The smallest absolute Gasteiger partial charge is 0.301 e. The number of ketones is 1. The van der Waals surface area contributed by atoms with Gasteiger partial charge in [0.25, 0.3) is 5.78 Å².